The van der Waals surface area contributed by atoms with E-state index in [1.807, 2.05) is 0 Å². The molecule has 2 fully saturated rings. The van der Waals surface area contributed by atoms with Gasteiger partial charge in [0, 0.05) is 19.1 Å². The number of hydrogen-bond donors (Lipinski definition) is 0. The Labute approximate surface area is 69.2 Å². The van der Waals surface area contributed by atoms with Crippen LogP contribution in [-0.2, 0) is 0 Å². The average Bonchev–Trinajstić information content (AvgIpc) is 2.29. The molecule has 0 spiro atoms. The maximum Gasteiger partial charge on any atom is 0.0145 e. The van der Waals surface area contributed by atoms with Gasteiger partial charge in [-0.1, -0.05) is 0 Å². The van der Waals surface area contributed by atoms with Gasteiger partial charge in [0.25, 0.3) is 0 Å². The van der Waals surface area contributed by atoms with E-state index in [1.54, 1.807) is 0 Å². The molecule has 0 aliphatic carbocycles. The van der Waals surface area contributed by atoms with E-state index in [2.05, 4.69) is 23.9 Å². The minimum Gasteiger partial charge on any atom is -0.306 e. The Morgan fingerprint density at radius 3 is 2.36 bits per heavy atom. The number of likely N-dealkylation sites (tertiary alicyclic amines) is 2. The van der Waals surface area contributed by atoms with Gasteiger partial charge in [0.05, 0.1) is 0 Å². The topological polar surface area (TPSA) is 6.48 Å². The van der Waals surface area contributed by atoms with E-state index in [-0.39, 0.29) is 0 Å². The monoisotopic (exact) mass is 154 g/mol. The highest BCUT2D eigenvalue weighted by atomic mass is 15.2. The molecule has 1 unspecified atom stereocenters. The molecule has 0 saturated carbocycles. The van der Waals surface area contributed by atoms with Crippen molar-refractivity contribution >= 4 is 0 Å². The lowest BCUT2D eigenvalue weighted by Gasteiger charge is -2.42. The molecule has 0 aromatic heterocycles. The largest absolute Gasteiger partial charge is 0.306 e. The van der Waals surface area contributed by atoms with Crippen molar-refractivity contribution in [1.82, 2.24) is 9.80 Å². The Balaban J connectivity index is 1.85. The zero-order valence-corrected chi connectivity index (χ0v) is 7.58. The normalized spacial score (nSPS) is 36.0. The van der Waals surface area contributed by atoms with E-state index in [1.165, 1.54) is 32.5 Å². The first-order valence-electron chi connectivity index (χ1n) is 4.66. The highest BCUT2D eigenvalue weighted by Crippen LogP contribution is 2.27. The van der Waals surface area contributed by atoms with Crippen molar-refractivity contribution < 1.29 is 0 Å². The molecule has 2 aliphatic heterocycles. The molecule has 11 heavy (non-hydrogen) atoms. The average molecular weight is 154 g/mol. The second kappa shape index (κ2) is 2.76. The molecule has 0 bridgehead atoms. The maximum atomic E-state index is 2.54. The smallest absolute Gasteiger partial charge is 0.0145 e. The molecule has 1 atom stereocenters. The fraction of sp³-hybridized carbons (Fsp3) is 1.00. The summed E-state index contributed by atoms with van der Waals surface area (Å²) in [5, 5.41) is 0. The minimum atomic E-state index is 0.909. The molecule has 0 aromatic carbocycles. The molecule has 2 rings (SSSR count). The molecule has 2 nitrogen and oxygen atoms in total. The van der Waals surface area contributed by atoms with E-state index in [4.69, 9.17) is 0 Å². The second-order valence-corrected chi connectivity index (χ2v) is 4.17. The summed E-state index contributed by atoms with van der Waals surface area (Å²) in [5.41, 5.74) is 0. The van der Waals surface area contributed by atoms with Crippen molar-refractivity contribution in [3.05, 3.63) is 0 Å². The Kier molecular flexibility index (Phi) is 1.90. The predicted octanol–water partition coefficient (Wildman–Crippen LogP) is 0.642. The lowest BCUT2D eigenvalue weighted by Crippen LogP contribution is -2.52. The zero-order chi connectivity index (χ0) is 7.84. The van der Waals surface area contributed by atoms with Gasteiger partial charge in [0.1, 0.15) is 0 Å². The van der Waals surface area contributed by atoms with Crippen LogP contribution in [0, 0.1) is 5.92 Å². The van der Waals surface area contributed by atoms with Crippen LogP contribution < -0.4 is 0 Å². The lowest BCUT2D eigenvalue weighted by molar-refractivity contribution is 0.0669. The van der Waals surface area contributed by atoms with Crippen LogP contribution >= 0.6 is 0 Å². The van der Waals surface area contributed by atoms with Gasteiger partial charge in [-0.3, -0.25) is 0 Å². The van der Waals surface area contributed by atoms with Crippen molar-refractivity contribution in [2.75, 3.05) is 33.7 Å². The Morgan fingerprint density at radius 2 is 1.91 bits per heavy atom. The Morgan fingerprint density at radius 1 is 1.18 bits per heavy atom. The molecule has 2 heteroatoms. The molecule has 2 saturated heterocycles. The van der Waals surface area contributed by atoms with Crippen LogP contribution in [0.2, 0.25) is 0 Å². The molecular formula is C9H18N2. The Hall–Kier alpha value is -0.0800. The summed E-state index contributed by atoms with van der Waals surface area (Å²) in [6, 6.07) is 0.909. The quantitative estimate of drug-likeness (QED) is 0.547. The summed E-state index contributed by atoms with van der Waals surface area (Å²) in [5.74, 6) is 0.979. The molecular weight excluding hydrogens is 136 g/mol. The van der Waals surface area contributed by atoms with Gasteiger partial charge in [-0.05, 0) is 39.4 Å². The number of rotatable bonds is 1. The third-order valence-corrected chi connectivity index (χ3v) is 3.21. The van der Waals surface area contributed by atoms with E-state index in [0.29, 0.717) is 0 Å². The van der Waals surface area contributed by atoms with Crippen molar-refractivity contribution in [2.45, 2.75) is 18.9 Å². The maximum absolute atomic E-state index is 2.54. The van der Waals surface area contributed by atoms with Gasteiger partial charge >= 0.3 is 0 Å². The molecule has 2 aliphatic rings. The molecule has 0 aromatic rings. The van der Waals surface area contributed by atoms with Gasteiger partial charge in [-0.15, -0.1) is 0 Å². The van der Waals surface area contributed by atoms with E-state index >= 15 is 0 Å². The minimum absolute atomic E-state index is 0.909. The highest BCUT2D eigenvalue weighted by Gasteiger charge is 2.35. The van der Waals surface area contributed by atoms with Crippen molar-refractivity contribution in [1.29, 1.82) is 0 Å². The lowest BCUT2D eigenvalue weighted by atomic mass is 9.91. The van der Waals surface area contributed by atoms with Crippen LogP contribution in [0.5, 0.6) is 0 Å². The van der Waals surface area contributed by atoms with E-state index in [9.17, 15) is 0 Å². The summed E-state index contributed by atoms with van der Waals surface area (Å²) < 4.78 is 0. The fourth-order valence-electron chi connectivity index (χ4n) is 2.52. The molecule has 0 amide bonds. The third kappa shape index (κ3) is 1.30. The first-order valence-corrected chi connectivity index (χ1v) is 4.66. The summed E-state index contributed by atoms with van der Waals surface area (Å²) in [4.78, 5) is 4.95. The van der Waals surface area contributed by atoms with Gasteiger partial charge < -0.3 is 9.80 Å². The summed E-state index contributed by atoms with van der Waals surface area (Å²) >= 11 is 0. The van der Waals surface area contributed by atoms with Gasteiger partial charge in [0.15, 0.2) is 0 Å². The Bertz CT molecular complexity index is 140. The summed E-state index contributed by atoms with van der Waals surface area (Å²) in [6.07, 6.45) is 2.86. The molecule has 0 N–H and O–H groups in total. The van der Waals surface area contributed by atoms with Crippen LogP contribution in [-0.4, -0.2) is 49.6 Å². The molecule has 2 heterocycles. The standard InChI is InChI=1S/C9H18N2/c1-10-6-8(7-10)9-4-3-5-11(9)2/h8-9H,3-7H2,1-2H3. The molecule has 64 valence electrons. The summed E-state index contributed by atoms with van der Waals surface area (Å²) in [6.45, 7) is 3.98. The van der Waals surface area contributed by atoms with Crippen LogP contribution in [0.4, 0.5) is 0 Å². The van der Waals surface area contributed by atoms with Crippen LogP contribution in [0.15, 0.2) is 0 Å². The van der Waals surface area contributed by atoms with E-state index in [0.717, 1.165) is 12.0 Å². The van der Waals surface area contributed by atoms with Gasteiger partial charge in [-0.25, -0.2) is 0 Å². The SMILES string of the molecule is CN1CC(C2CCCN2C)C1. The van der Waals surface area contributed by atoms with Crippen LogP contribution in [0.3, 0.4) is 0 Å². The summed E-state index contributed by atoms with van der Waals surface area (Å²) in [7, 11) is 4.49. The first kappa shape index (κ1) is 7.56. The predicted molar refractivity (Wildman–Crippen MR) is 46.6 cm³/mol. The number of hydrogen-bond acceptors (Lipinski definition) is 2. The van der Waals surface area contributed by atoms with E-state index < -0.39 is 0 Å². The number of nitrogens with zero attached hydrogens (tertiary/aromatic N) is 2. The molecule has 0 radical (unpaired) electrons. The first-order chi connectivity index (χ1) is 5.27. The van der Waals surface area contributed by atoms with Gasteiger partial charge in [-0.2, -0.15) is 0 Å². The fourth-order valence-corrected chi connectivity index (χ4v) is 2.52. The van der Waals surface area contributed by atoms with Crippen molar-refractivity contribution in [3.8, 4) is 0 Å². The van der Waals surface area contributed by atoms with Gasteiger partial charge in [0.2, 0.25) is 0 Å². The van der Waals surface area contributed by atoms with Crippen LogP contribution in [0.1, 0.15) is 12.8 Å². The second-order valence-electron chi connectivity index (χ2n) is 4.17. The van der Waals surface area contributed by atoms with Crippen LogP contribution in [0.25, 0.3) is 0 Å². The highest BCUT2D eigenvalue weighted by molar-refractivity contribution is 4.90. The zero-order valence-electron chi connectivity index (χ0n) is 7.58. The van der Waals surface area contributed by atoms with Crippen molar-refractivity contribution in [2.24, 2.45) is 5.92 Å². The third-order valence-electron chi connectivity index (χ3n) is 3.21. The van der Waals surface area contributed by atoms with Crippen molar-refractivity contribution in [3.63, 3.8) is 0 Å².